The molecule has 0 aliphatic carbocycles. The number of para-hydroxylation sites is 1. The maximum absolute atomic E-state index is 12.7. The SMILES string of the molecule is COC(=O)c1ccc(C=C(C#N)C(=O)c2c[nH]c3ccccc23)cc1. The molecular formula is C20H14N2O3. The monoisotopic (exact) mass is 330 g/mol. The van der Waals surface area contributed by atoms with Gasteiger partial charge >= 0.3 is 5.97 Å². The van der Waals surface area contributed by atoms with E-state index in [1.54, 1.807) is 30.5 Å². The van der Waals surface area contributed by atoms with Gasteiger partial charge in [-0.2, -0.15) is 5.26 Å². The second kappa shape index (κ2) is 6.85. The Labute approximate surface area is 144 Å². The summed E-state index contributed by atoms with van der Waals surface area (Å²) in [5.74, 6) is -0.789. The number of aromatic nitrogens is 1. The lowest BCUT2D eigenvalue weighted by molar-refractivity contribution is 0.0600. The van der Waals surface area contributed by atoms with Gasteiger partial charge in [0.2, 0.25) is 5.78 Å². The van der Waals surface area contributed by atoms with Crippen LogP contribution in [0.25, 0.3) is 17.0 Å². The lowest BCUT2D eigenvalue weighted by Gasteiger charge is -2.01. The smallest absolute Gasteiger partial charge is 0.337 e. The summed E-state index contributed by atoms with van der Waals surface area (Å²) in [6, 6.07) is 15.9. The summed E-state index contributed by atoms with van der Waals surface area (Å²) < 4.78 is 4.64. The van der Waals surface area contributed by atoms with Crippen LogP contribution in [-0.2, 0) is 4.74 Å². The van der Waals surface area contributed by atoms with Crippen molar-refractivity contribution in [2.24, 2.45) is 0 Å². The summed E-state index contributed by atoms with van der Waals surface area (Å²) >= 11 is 0. The average molecular weight is 330 g/mol. The highest BCUT2D eigenvalue weighted by Crippen LogP contribution is 2.21. The predicted molar refractivity (Wildman–Crippen MR) is 94.0 cm³/mol. The first-order chi connectivity index (χ1) is 12.1. The molecular weight excluding hydrogens is 316 g/mol. The number of ketones is 1. The van der Waals surface area contributed by atoms with E-state index in [4.69, 9.17) is 0 Å². The molecule has 0 saturated heterocycles. The highest BCUT2D eigenvalue weighted by atomic mass is 16.5. The first-order valence-corrected chi connectivity index (χ1v) is 7.55. The molecule has 2 aromatic carbocycles. The highest BCUT2D eigenvalue weighted by Gasteiger charge is 2.16. The number of H-pyrrole nitrogens is 1. The molecule has 0 amide bonds. The van der Waals surface area contributed by atoms with Crippen molar-refractivity contribution in [3.8, 4) is 6.07 Å². The molecule has 0 radical (unpaired) electrons. The van der Waals surface area contributed by atoms with Crippen LogP contribution in [0.1, 0.15) is 26.3 Å². The van der Waals surface area contributed by atoms with E-state index in [1.807, 2.05) is 30.3 Å². The minimum atomic E-state index is -0.439. The number of esters is 1. The number of allylic oxidation sites excluding steroid dienone is 1. The molecule has 1 heterocycles. The summed E-state index contributed by atoms with van der Waals surface area (Å²) in [6.45, 7) is 0. The lowest BCUT2D eigenvalue weighted by atomic mass is 10.0. The van der Waals surface area contributed by atoms with E-state index in [0.29, 0.717) is 16.7 Å². The number of nitrogens with zero attached hydrogens (tertiary/aromatic N) is 1. The molecule has 25 heavy (non-hydrogen) atoms. The summed E-state index contributed by atoms with van der Waals surface area (Å²) in [6.07, 6.45) is 3.11. The lowest BCUT2D eigenvalue weighted by Crippen LogP contribution is -2.02. The molecule has 5 nitrogen and oxygen atoms in total. The number of fused-ring (bicyclic) bond motifs is 1. The number of nitriles is 1. The Morgan fingerprint density at radius 3 is 2.52 bits per heavy atom. The number of carbonyl (C=O) groups excluding carboxylic acids is 2. The molecule has 0 aliphatic rings. The zero-order valence-corrected chi connectivity index (χ0v) is 13.4. The number of hydrogen-bond donors (Lipinski definition) is 1. The van der Waals surface area contributed by atoms with Gasteiger partial charge in [-0.3, -0.25) is 4.79 Å². The molecule has 0 bridgehead atoms. The standard InChI is InChI=1S/C20H14N2O3/c1-25-20(24)14-8-6-13(7-9-14)10-15(11-21)19(23)17-12-22-18-5-3-2-4-16(17)18/h2-10,12,22H,1H3. The van der Waals surface area contributed by atoms with Gasteiger partial charge in [0, 0.05) is 22.7 Å². The van der Waals surface area contributed by atoms with E-state index in [2.05, 4.69) is 9.72 Å². The first kappa shape index (κ1) is 16.2. The average Bonchev–Trinajstić information content (AvgIpc) is 3.09. The van der Waals surface area contributed by atoms with Gasteiger partial charge in [-0.25, -0.2) is 4.79 Å². The third kappa shape index (κ3) is 3.19. The molecule has 0 aliphatic heterocycles. The molecule has 0 unspecified atom stereocenters. The van der Waals surface area contributed by atoms with Crippen molar-refractivity contribution in [3.05, 3.63) is 77.0 Å². The number of Topliss-reactive ketones (excluding diaryl/α,β-unsaturated/α-hetero) is 1. The first-order valence-electron chi connectivity index (χ1n) is 7.55. The van der Waals surface area contributed by atoms with E-state index in [1.165, 1.54) is 13.2 Å². The van der Waals surface area contributed by atoms with Crippen LogP contribution in [0.15, 0.2) is 60.3 Å². The quantitative estimate of drug-likeness (QED) is 0.342. The fourth-order valence-corrected chi connectivity index (χ4v) is 2.55. The minimum Gasteiger partial charge on any atom is -0.465 e. The van der Waals surface area contributed by atoms with Gasteiger partial charge in [-0.1, -0.05) is 30.3 Å². The van der Waals surface area contributed by atoms with Crippen molar-refractivity contribution in [2.45, 2.75) is 0 Å². The van der Waals surface area contributed by atoms with Crippen LogP contribution >= 0.6 is 0 Å². The Morgan fingerprint density at radius 1 is 1.12 bits per heavy atom. The van der Waals surface area contributed by atoms with Gasteiger partial charge in [0.15, 0.2) is 0 Å². The Bertz CT molecular complexity index is 1020. The molecule has 5 heteroatoms. The van der Waals surface area contributed by atoms with Gasteiger partial charge < -0.3 is 9.72 Å². The van der Waals surface area contributed by atoms with E-state index in [-0.39, 0.29) is 11.4 Å². The number of hydrogen-bond acceptors (Lipinski definition) is 4. The minimum absolute atomic E-state index is 0.0237. The Morgan fingerprint density at radius 2 is 1.84 bits per heavy atom. The number of methoxy groups -OCH3 is 1. The fourth-order valence-electron chi connectivity index (χ4n) is 2.55. The van der Waals surface area contributed by atoms with Crippen LogP contribution in [0.2, 0.25) is 0 Å². The van der Waals surface area contributed by atoms with Crippen molar-refractivity contribution in [1.29, 1.82) is 5.26 Å². The predicted octanol–water partition coefficient (Wildman–Crippen LogP) is 3.74. The summed E-state index contributed by atoms with van der Waals surface area (Å²) in [4.78, 5) is 27.2. The van der Waals surface area contributed by atoms with Gasteiger partial charge in [0.1, 0.15) is 11.6 Å². The molecule has 0 atom stereocenters. The fraction of sp³-hybridized carbons (Fsp3) is 0.0500. The Hall–Kier alpha value is -3.65. The molecule has 0 saturated carbocycles. The topological polar surface area (TPSA) is 82.9 Å². The van der Waals surface area contributed by atoms with Crippen LogP contribution in [0.5, 0.6) is 0 Å². The number of rotatable bonds is 4. The summed E-state index contributed by atoms with van der Waals surface area (Å²) in [7, 11) is 1.31. The van der Waals surface area contributed by atoms with Crippen molar-refractivity contribution >= 4 is 28.7 Å². The molecule has 0 spiro atoms. The van der Waals surface area contributed by atoms with Gasteiger partial charge in [0.05, 0.1) is 12.7 Å². The van der Waals surface area contributed by atoms with Crippen LogP contribution in [-0.4, -0.2) is 23.8 Å². The van der Waals surface area contributed by atoms with Crippen molar-refractivity contribution in [3.63, 3.8) is 0 Å². The number of benzene rings is 2. The van der Waals surface area contributed by atoms with Gasteiger partial charge in [-0.05, 0) is 29.8 Å². The normalized spacial score (nSPS) is 11.1. The molecule has 1 N–H and O–H groups in total. The molecule has 3 rings (SSSR count). The number of aromatic amines is 1. The third-order valence-corrected chi connectivity index (χ3v) is 3.84. The van der Waals surface area contributed by atoms with E-state index < -0.39 is 5.97 Å². The van der Waals surface area contributed by atoms with Crippen LogP contribution in [0.4, 0.5) is 0 Å². The van der Waals surface area contributed by atoms with Crippen molar-refractivity contribution in [1.82, 2.24) is 4.98 Å². The van der Waals surface area contributed by atoms with Crippen molar-refractivity contribution < 1.29 is 14.3 Å². The summed E-state index contributed by atoms with van der Waals surface area (Å²) in [5.41, 5.74) is 2.37. The van der Waals surface area contributed by atoms with E-state index in [0.717, 1.165) is 10.9 Å². The second-order valence-corrected chi connectivity index (χ2v) is 5.36. The zero-order valence-electron chi connectivity index (χ0n) is 13.4. The van der Waals surface area contributed by atoms with Crippen LogP contribution < -0.4 is 0 Å². The van der Waals surface area contributed by atoms with Gasteiger partial charge in [0.25, 0.3) is 0 Å². The zero-order chi connectivity index (χ0) is 17.8. The van der Waals surface area contributed by atoms with Gasteiger partial charge in [-0.15, -0.1) is 0 Å². The second-order valence-electron chi connectivity index (χ2n) is 5.36. The Balaban J connectivity index is 1.94. The van der Waals surface area contributed by atoms with Crippen LogP contribution in [0, 0.1) is 11.3 Å². The highest BCUT2D eigenvalue weighted by molar-refractivity contribution is 6.19. The van der Waals surface area contributed by atoms with Crippen LogP contribution in [0.3, 0.4) is 0 Å². The maximum atomic E-state index is 12.7. The largest absolute Gasteiger partial charge is 0.465 e. The number of ether oxygens (including phenoxy) is 1. The molecule has 0 fully saturated rings. The Kier molecular flexibility index (Phi) is 4.44. The van der Waals surface area contributed by atoms with E-state index >= 15 is 0 Å². The maximum Gasteiger partial charge on any atom is 0.337 e. The molecule has 3 aromatic rings. The van der Waals surface area contributed by atoms with Crippen molar-refractivity contribution in [2.75, 3.05) is 7.11 Å². The number of carbonyl (C=O) groups is 2. The third-order valence-electron chi connectivity index (χ3n) is 3.84. The number of nitrogens with one attached hydrogen (secondary N) is 1. The van der Waals surface area contributed by atoms with E-state index in [9.17, 15) is 14.9 Å². The molecule has 122 valence electrons. The summed E-state index contributed by atoms with van der Waals surface area (Å²) in [5, 5.41) is 10.2. The molecule has 1 aromatic heterocycles.